The van der Waals surface area contributed by atoms with Crippen molar-refractivity contribution in [1.82, 2.24) is 10.2 Å². The number of carbonyl (C=O) groups is 3. The number of nitrogens with two attached hydrogens (primary N) is 1. The number of carbonyl (C=O) groups excluding carboxylic acids is 3. The molecule has 7 nitrogen and oxygen atoms in total. The molecular formula is C14H25N3O4. The van der Waals surface area contributed by atoms with E-state index in [0.29, 0.717) is 19.5 Å². The Kier molecular flexibility index (Phi) is 6.45. The fourth-order valence-corrected chi connectivity index (χ4v) is 2.57. The van der Waals surface area contributed by atoms with Gasteiger partial charge in [-0.1, -0.05) is 20.3 Å². The van der Waals surface area contributed by atoms with E-state index in [0.717, 1.165) is 12.8 Å². The predicted molar refractivity (Wildman–Crippen MR) is 77.3 cm³/mol. The van der Waals surface area contributed by atoms with Crippen molar-refractivity contribution in [2.24, 2.45) is 17.6 Å². The molecule has 1 saturated heterocycles. The average Bonchev–Trinajstić information content (AvgIpc) is 2.50. The smallest absolute Gasteiger partial charge is 0.312 e. The van der Waals surface area contributed by atoms with Crippen LogP contribution in [0, 0.1) is 11.8 Å². The number of amides is 3. The normalized spacial score (nSPS) is 21.3. The Morgan fingerprint density at radius 2 is 2.10 bits per heavy atom. The summed E-state index contributed by atoms with van der Waals surface area (Å²) in [6.45, 7) is 4.75. The maximum absolute atomic E-state index is 12.6. The number of hydrogen-bond donors (Lipinski definition) is 2. The van der Waals surface area contributed by atoms with Gasteiger partial charge in [0.15, 0.2) is 0 Å². The zero-order valence-corrected chi connectivity index (χ0v) is 12.9. The van der Waals surface area contributed by atoms with Crippen LogP contribution in [0.25, 0.3) is 0 Å². The number of hydrogen-bond acceptors (Lipinski definition) is 4. The standard InChI is InChI=1S/C14H25N3O4/c1-4-9(2)11(16-14(15)20)12(18)17-7-5-6-10(8-17)13(19)21-3/h9-11H,4-8H2,1-3H3,(H3,15,16,20). The molecule has 1 rings (SSSR count). The molecule has 0 aromatic heterocycles. The molecule has 1 heterocycles. The lowest BCUT2D eigenvalue weighted by atomic mass is 9.94. The Hall–Kier alpha value is -1.79. The summed E-state index contributed by atoms with van der Waals surface area (Å²) in [6.07, 6.45) is 2.20. The SMILES string of the molecule is CCC(C)C(NC(N)=O)C(=O)N1CCCC(C(=O)OC)C1. The molecule has 0 aliphatic carbocycles. The van der Waals surface area contributed by atoms with Gasteiger partial charge in [0.1, 0.15) is 6.04 Å². The number of esters is 1. The lowest BCUT2D eigenvalue weighted by Crippen LogP contribution is -2.55. The van der Waals surface area contributed by atoms with Crippen LogP contribution in [0.15, 0.2) is 0 Å². The fourth-order valence-electron chi connectivity index (χ4n) is 2.57. The Bertz CT molecular complexity index is 400. The van der Waals surface area contributed by atoms with Crippen LogP contribution in [-0.4, -0.2) is 49.0 Å². The van der Waals surface area contributed by atoms with E-state index >= 15 is 0 Å². The van der Waals surface area contributed by atoms with E-state index in [1.165, 1.54) is 7.11 Å². The van der Waals surface area contributed by atoms with Crippen LogP contribution < -0.4 is 11.1 Å². The first-order valence-corrected chi connectivity index (χ1v) is 7.33. The minimum Gasteiger partial charge on any atom is -0.469 e. The largest absolute Gasteiger partial charge is 0.469 e. The highest BCUT2D eigenvalue weighted by Crippen LogP contribution is 2.20. The first-order valence-electron chi connectivity index (χ1n) is 7.33. The van der Waals surface area contributed by atoms with Gasteiger partial charge in [0.25, 0.3) is 0 Å². The maximum atomic E-state index is 12.6. The summed E-state index contributed by atoms with van der Waals surface area (Å²) in [7, 11) is 1.35. The molecule has 21 heavy (non-hydrogen) atoms. The van der Waals surface area contributed by atoms with Crippen molar-refractivity contribution in [2.45, 2.75) is 39.2 Å². The quantitative estimate of drug-likeness (QED) is 0.721. The maximum Gasteiger partial charge on any atom is 0.312 e. The first kappa shape index (κ1) is 17.3. The first-order chi connectivity index (χ1) is 9.90. The number of nitrogens with zero attached hydrogens (tertiary/aromatic N) is 1. The molecule has 0 aromatic carbocycles. The van der Waals surface area contributed by atoms with Gasteiger partial charge in [-0.05, 0) is 18.8 Å². The number of likely N-dealkylation sites (tertiary alicyclic amines) is 1. The lowest BCUT2D eigenvalue weighted by molar-refractivity contribution is -0.149. The second kappa shape index (κ2) is 7.85. The third-order valence-corrected chi connectivity index (χ3v) is 4.04. The van der Waals surface area contributed by atoms with Crippen molar-refractivity contribution in [1.29, 1.82) is 0 Å². The van der Waals surface area contributed by atoms with E-state index in [2.05, 4.69) is 5.32 Å². The van der Waals surface area contributed by atoms with Crippen molar-refractivity contribution in [3.05, 3.63) is 0 Å². The minimum absolute atomic E-state index is 0.0245. The molecule has 3 amide bonds. The molecular weight excluding hydrogens is 274 g/mol. The van der Waals surface area contributed by atoms with E-state index in [1.807, 2.05) is 13.8 Å². The summed E-state index contributed by atoms with van der Waals surface area (Å²) in [4.78, 5) is 36.9. The third-order valence-electron chi connectivity index (χ3n) is 4.04. The molecule has 1 fully saturated rings. The Balaban J connectivity index is 2.77. The average molecular weight is 299 g/mol. The molecule has 0 bridgehead atoms. The molecule has 120 valence electrons. The second-order valence-electron chi connectivity index (χ2n) is 5.52. The topological polar surface area (TPSA) is 102 Å². The van der Waals surface area contributed by atoms with E-state index in [9.17, 15) is 14.4 Å². The van der Waals surface area contributed by atoms with Gasteiger partial charge in [0, 0.05) is 13.1 Å². The monoisotopic (exact) mass is 299 g/mol. The molecule has 0 saturated carbocycles. The highest BCUT2D eigenvalue weighted by molar-refractivity contribution is 5.87. The summed E-state index contributed by atoms with van der Waals surface area (Å²) in [5, 5.41) is 2.52. The van der Waals surface area contributed by atoms with Crippen LogP contribution in [0.3, 0.4) is 0 Å². The van der Waals surface area contributed by atoms with Crippen LogP contribution in [0.2, 0.25) is 0 Å². The van der Waals surface area contributed by atoms with Crippen molar-refractivity contribution < 1.29 is 19.1 Å². The van der Waals surface area contributed by atoms with Crippen LogP contribution in [0.4, 0.5) is 4.79 Å². The lowest BCUT2D eigenvalue weighted by Gasteiger charge is -2.35. The number of piperidine rings is 1. The Morgan fingerprint density at radius 1 is 1.43 bits per heavy atom. The summed E-state index contributed by atoms with van der Waals surface area (Å²) in [6, 6.07) is -1.36. The van der Waals surface area contributed by atoms with Crippen LogP contribution in [-0.2, 0) is 14.3 Å². The van der Waals surface area contributed by atoms with Gasteiger partial charge >= 0.3 is 12.0 Å². The van der Waals surface area contributed by atoms with Gasteiger partial charge in [0.05, 0.1) is 13.0 Å². The van der Waals surface area contributed by atoms with Crippen molar-refractivity contribution in [3.8, 4) is 0 Å². The third kappa shape index (κ3) is 4.61. The van der Waals surface area contributed by atoms with E-state index in [-0.39, 0.29) is 23.7 Å². The Labute approximate surface area is 125 Å². The van der Waals surface area contributed by atoms with E-state index in [1.54, 1.807) is 4.90 Å². The van der Waals surface area contributed by atoms with Crippen LogP contribution >= 0.6 is 0 Å². The molecule has 0 radical (unpaired) electrons. The predicted octanol–water partition coefficient (Wildman–Crippen LogP) is 0.481. The van der Waals surface area contributed by atoms with Gasteiger partial charge in [-0.15, -0.1) is 0 Å². The van der Waals surface area contributed by atoms with Crippen molar-refractivity contribution in [3.63, 3.8) is 0 Å². The number of ether oxygens (including phenoxy) is 1. The summed E-state index contributed by atoms with van der Waals surface area (Å²) in [5.41, 5.74) is 5.16. The zero-order valence-electron chi connectivity index (χ0n) is 12.9. The van der Waals surface area contributed by atoms with E-state index in [4.69, 9.17) is 10.5 Å². The number of nitrogens with one attached hydrogen (secondary N) is 1. The van der Waals surface area contributed by atoms with Crippen molar-refractivity contribution in [2.75, 3.05) is 20.2 Å². The molecule has 1 aliphatic rings. The minimum atomic E-state index is -0.713. The highest BCUT2D eigenvalue weighted by Gasteiger charge is 2.34. The molecule has 1 aliphatic heterocycles. The molecule has 0 spiro atoms. The number of methoxy groups -OCH3 is 1. The van der Waals surface area contributed by atoms with Crippen LogP contribution in [0.1, 0.15) is 33.1 Å². The molecule has 7 heteroatoms. The summed E-state index contributed by atoms with van der Waals surface area (Å²) >= 11 is 0. The van der Waals surface area contributed by atoms with Gasteiger partial charge in [0.2, 0.25) is 5.91 Å². The van der Waals surface area contributed by atoms with Gasteiger partial charge in [-0.3, -0.25) is 9.59 Å². The number of urea groups is 1. The van der Waals surface area contributed by atoms with Gasteiger partial charge in [-0.25, -0.2) is 4.79 Å². The van der Waals surface area contributed by atoms with Gasteiger partial charge < -0.3 is 20.7 Å². The fraction of sp³-hybridized carbons (Fsp3) is 0.786. The molecule has 0 aromatic rings. The van der Waals surface area contributed by atoms with Crippen molar-refractivity contribution >= 4 is 17.9 Å². The Morgan fingerprint density at radius 3 is 2.62 bits per heavy atom. The van der Waals surface area contributed by atoms with E-state index < -0.39 is 12.1 Å². The number of rotatable bonds is 5. The molecule has 3 unspecified atom stereocenters. The highest BCUT2D eigenvalue weighted by atomic mass is 16.5. The molecule has 3 N–H and O–H groups in total. The molecule has 3 atom stereocenters. The number of primary amides is 1. The zero-order chi connectivity index (χ0) is 16.0. The second-order valence-corrected chi connectivity index (χ2v) is 5.52. The summed E-state index contributed by atoms with van der Waals surface area (Å²) < 4.78 is 4.74. The van der Waals surface area contributed by atoms with Crippen LogP contribution in [0.5, 0.6) is 0 Å². The van der Waals surface area contributed by atoms with Gasteiger partial charge in [-0.2, -0.15) is 0 Å². The summed E-state index contributed by atoms with van der Waals surface area (Å²) in [5.74, 6) is -0.797.